The lowest BCUT2D eigenvalue weighted by molar-refractivity contribution is -0.143. The van der Waals surface area contributed by atoms with Crippen LogP contribution in [0, 0.1) is 0 Å². The summed E-state index contributed by atoms with van der Waals surface area (Å²) in [6, 6.07) is 7.35. The van der Waals surface area contributed by atoms with Gasteiger partial charge in [0.1, 0.15) is 0 Å². The number of hydrogen-bond acceptors (Lipinski definition) is 5. The highest BCUT2D eigenvalue weighted by Gasteiger charge is 2.28. The molecular weight excluding hydrogens is 234 g/mol. The fourth-order valence-corrected chi connectivity index (χ4v) is 1.96. The maximum absolute atomic E-state index is 11.7. The standard InChI is InChI=1S/C12H15N3O3/c1-14-11(16)7-15(8-12(14)17)10-5-3-2-4-9(10)6-13-18/h2-5,13,18H,6-8H2,1H3. The summed E-state index contributed by atoms with van der Waals surface area (Å²) in [5.74, 6) is -0.448. The normalized spacial score (nSPS) is 16.3. The van der Waals surface area contributed by atoms with Crippen molar-refractivity contribution in [3.8, 4) is 0 Å². The summed E-state index contributed by atoms with van der Waals surface area (Å²) in [5.41, 5.74) is 3.71. The van der Waals surface area contributed by atoms with Crippen LogP contribution in [0.25, 0.3) is 0 Å². The lowest BCUT2D eigenvalue weighted by Crippen LogP contribution is -2.52. The molecule has 1 heterocycles. The second-order valence-corrected chi connectivity index (χ2v) is 4.17. The zero-order valence-electron chi connectivity index (χ0n) is 10.1. The minimum Gasteiger partial charge on any atom is -0.353 e. The Balaban J connectivity index is 2.26. The Hall–Kier alpha value is -1.92. The second-order valence-electron chi connectivity index (χ2n) is 4.17. The molecule has 0 aliphatic carbocycles. The molecule has 18 heavy (non-hydrogen) atoms. The number of likely N-dealkylation sites (N-methyl/N-ethyl adjacent to an activating group) is 1. The first kappa shape index (κ1) is 12.5. The van der Waals surface area contributed by atoms with Crippen molar-refractivity contribution in [2.75, 3.05) is 25.0 Å². The smallest absolute Gasteiger partial charge is 0.248 e. The van der Waals surface area contributed by atoms with Gasteiger partial charge in [0, 0.05) is 19.3 Å². The van der Waals surface area contributed by atoms with Crippen LogP contribution in [0.3, 0.4) is 0 Å². The number of imide groups is 1. The third kappa shape index (κ3) is 2.34. The molecule has 0 aromatic heterocycles. The molecular formula is C12H15N3O3. The van der Waals surface area contributed by atoms with E-state index in [2.05, 4.69) is 5.48 Å². The summed E-state index contributed by atoms with van der Waals surface area (Å²) in [5, 5.41) is 8.78. The van der Waals surface area contributed by atoms with Gasteiger partial charge in [-0.3, -0.25) is 14.5 Å². The van der Waals surface area contributed by atoms with E-state index < -0.39 is 0 Å². The van der Waals surface area contributed by atoms with Crippen LogP contribution >= 0.6 is 0 Å². The van der Waals surface area contributed by atoms with Crippen molar-refractivity contribution in [1.29, 1.82) is 0 Å². The summed E-state index contributed by atoms with van der Waals surface area (Å²) >= 11 is 0. The molecule has 96 valence electrons. The van der Waals surface area contributed by atoms with Crippen LogP contribution < -0.4 is 10.4 Å². The Bertz CT molecular complexity index is 457. The van der Waals surface area contributed by atoms with E-state index in [4.69, 9.17) is 5.21 Å². The quantitative estimate of drug-likeness (QED) is 0.581. The van der Waals surface area contributed by atoms with E-state index in [0.717, 1.165) is 16.2 Å². The molecule has 2 rings (SSSR count). The number of amides is 2. The minimum absolute atomic E-state index is 0.171. The Morgan fingerprint density at radius 1 is 1.22 bits per heavy atom. The number of rotatable bonds is 3. The molecule has 0 bridgehead atoms. The van der Waals surface area contributed by atoms with Crippen molar-refractivity contribution in [2.24, 2.45) is 0 Å². The van der Waals surface area contributed by atoms with Crippen LogP contribution in [-0.4, -0.2) is 42.1 Å². The Kier molecular flexibility index (Phi) is 3.59. The molecule has 0 unspecified atom stereocenters. The summed E-state index contributed by atoms with van der Waals surface area (Å²) in [7, 11) is 1.49. The van der Waals surface area contributed by atoms with Crippen molar-refractivity contribution < 1.29 is 14.8 Å². The SMILES string of the molecule is CN1C(=O)CN(c2ccccc2CNO)CC1=O. The van der Waals surface area contributed by atoms with Crippen LogP contribution in [0.5, 0.6) is 0 Å². The molecule has 6 heteroatoms. The summed E-state index contributed by atoms with van der Waals surface area (Å²) in [6.45, 7) is 0.611. The molecule has 1 fully saturated rings. The van der Waals surface area contributed by atoms with E-state index in [-0.39, 0.29) is 31.4 Å². The highest BCUT2D eigenvalue weighted by molar-refractivity contribution is 6.02. The summed E-state index contributed by atoms with van der Waals surface area (Å²) in [4.78, 5) is 26.2. The van der Waals surface area contributed by atoms with Crippen molar-refractivity contribution >= 4 is 17.5 Å². The number of para-hydroxylation sites is 1. The fraction of sp³-hybridized carbons (Fsp3) is 0.333. The van der Waals surface area contributed by atoms with Crippen molar-refractivity contribution in [2.45, 2.75) is 6.54 Å². The third-order valence-electron chi connectivity index (χ3n) is 3.00. The molecule has 1 aliphatic rings. The molecule has 0 radical (unpaired) electrons. The number of carbonyl (C=O) groups excluding carboxylic acids is 2. The number of hydroxylamine groups is 1. The zero-order valence-corrected chi connectivity index (χ0v) is 10.1. The number of nitrogens with zero attached hydrogens (tertiary/aromatic N) is 2. The van der Waals surface area contributed by atoms with Crippen molar-refractivity contribution in [3.63, 3.8) is 0 Å². The fourth-order valence-electron chi connectivity index (χ4n) is 1.96. The van der Waals surface area contributed by atoms with E-state index >= 15 is 0 Å². The maximum Gasteiger partial charge on any atom is 0.248 e. The predicted octanol–water partition coefficient (Wildman–Crippen LogP) is -0.0296. The maximum atomic E-state index is 11.7. The summed E-state index contributed by atoms with van der Waals surface area (Å²) in [6.07, 6.45) is 0. The van der Waals surface area contributed by atoms with E-state index in [1.54, 1.807) is 4.90 Å². The Labute approximate surface area is 105 Å². The average Bonchev–Trinajstić information content (AvgIpc) is 2.36. The first-order chi connectivity index (χ1) is 8.63. The average molecular weight is 249 g/mol. The number of piperazine rings is 1. The van der Waals surface area contributed by atoms with Crippen LogP contribution in [0.15, 0.2) is 24.3 Å². The molecule has 0 spiro atoms. The van der Waals surface area contributed by atoms with Gasteiger partial charge in [-0.1, -0.05) is 18.2 Å². The number of hydrogen-bond donors (Lipinski definition) is 2. The molecule has 1 saturated heterocycles. The number of anilines is 1. The first-order valence-electron chi connectivity index (χ1n) is 5.62. The number of carbonyl (C=O) groups is 2. The minimum atomic E-state index is -0.224. The highest BCUT2D eigenvalue weighted by Crippen LogP contribution is 2.22. The Morgan fingerprint density at radius 2 is 1.83 bits per heavy atom. The van der Waals surface area contributed by atoms with E-state index in [1.807, 2.05) is 24.3 Å². The monoisotopic (exact) mass is 249 g/mol. The molecule has 0 atom stereocenters. The lowest BCUT2D eigenvalue weighted by atomic mass is 10.1. The van der Waals surface area contributed by atoms with Crippen LogP contribution in [-0.2, 0) is 16.1 Å². The van der Waals surface area contributed by atoms with Gasteiger partial charge in [-0.25, -0.2) is 5.48 Å². The van der Waals surface area contributed by atoms with Gasteiger partial charge in [0.2, 0.25) is 11.8 Å². The van der Waals surface area contributed by atoms with E-state index in [9.17, 15) is 9.59 Å². The van der Waals surface area contributed by atoms with Crippen LogP contribution in [0.4, 0.5) is 5.69 Å². The molecule has 0 saturated carbocycles. The van der Waals surface area contributed by atoms with Crippen LogP contribution in [0.2, 0.25) is 0 Å². The second kappa shape index (κ2) is 5.16. The van der Waals surface area contributed by atoms with Gasteiger partial charge in [-0.2, -0.15) is 0 Å². The number of nitrogens with one attached hydrogen (secondary N) is 1. The van der Waals surface area contributed by atoms with Gasteiger partial charge in [0.15, 0.2) is 0 Å². The third-order valence-corrected chi connectivity index (χ3v) is 3.00. The van der Waals surface area contributed by atoms with E-state index in [0.29, 0.717) is 0 Å². The number of benzene rings is 1. The summed E-state index contributed by atoms with van der Waals surface area (Å²) < 4.78 is 0. The van der Waals surface area contributed by atoms with E-state index in [1.165, 1.54) is 7.05 Å². The molecule has 2 N–H and O–H groups in total. The predicted molar refractivity (Wildman–Crippen MR) is 65.1 cm³/mol. The lowest BCUT2D eigenvalue weighted by Gasteiger charge is -2.33. The largest absolute Gasteiger partial charge is 0.353 e. The topological polar surface area (TPSA) is 72.9 Å². The molecule has 1 aliphatic heterocycles. The van der Waals surface area contributed by atoms with Crippen LogP contribution in [0.1, 0.15) is 5.56 Å². The molecule has 1 aromatic carbocycles. The highest BCUT2D eigenvalue weighted by atomic mass is 16.5. The zero-order chi connectivity index (χ0) is 13.1. The molecule has 2 amide bonds. The van der Waals surface area contributed by atoms with Gasteiger partial charge in [0.25, 0.3) is 0 Å². The first-order valence-corrected chi connectivity index (χ1v) is 5.62. The molecule has 1 aromatic rings. The van der Waals surface area contributed by atoms with Gasteiger partial charge in [0.05, 0.1) is 13.1 Å². The molecule has 6 nitrogen and oxygen atoms in total. The van der Waals surface area contributed by atoms with Gasteiger partial charge in [-0.05, 0) is 11.6 Å². The van der Waals surface area contributed by atoms with Gasteiger partial charge >= 0.3 is 0 Å². The van der Waals surface area contributed by atoms with Gasteiger partial charge in [-0.15, -0.1) is 0 Å². The van der Waals surface area contributed by atoms with Crippen molar-refractivity contribution in [1.82, 2.24) is 10.4 Å². The van der Waals surface area contributed by atoms with Gasteiger partial charge < -0.3 is 10.1 Å². The Morgan fingerprint density at radius 3 is 2.44 bits per heavy atom. The van der Waals surface area contributed by atoms with Crippen molar-refractivity contribution in [3.05, 3.63) is 29.8 Å².